The third kappa shape index (κ3) is 19.6. The molecule has 0 aromatic rings. The molecule has 1 aliphatic carbocycles. The van der Waals surface area contributed by atoms with Crippen molar-refractivity contribution in [2.75, 3.05) is 19.7 Å². The molecule has 1 saturated carbocycles. The first kappa shape index (κ1) is 61.1. The normalized spacial score (nSPS) is 31.5. The first-order chi connectivity index (χ1) is 33.4. The van der Waals surface area contributed by atoms with E-state index < -0.39 is 168 Å². The average molecular weight is 1050 g/mol. The quantitative estimate of drug-likeness (QED) is 0.0635. The number of aliphatic hydroxyl groups is 4. The van der Waals surface area contributed by atoms with Gasteiger partial charge in [0.15, 0.2) is 18.4 Å². The molecule has 27 nitrogen and oxygen atoms in total. The number of carbonyl (C=O) groups is 5. The zero-order chi connectivity index (χ0) is 55.2. The summed E-state index contributed by atoms with van der Waals surface area (Å²) in [4.78, 5) is 77.0. The molecule has 5 amide bonds. The number of amides is 5. The average Bonchev–Trinajstić information content (AvgIpc) is 3.19. The maximum atomic E-state index is 13.9. The minimum absolute atomic E-state index is 0.00669. The van der Waals surface area contributed by atoms with E-state index in [0.29, 0.717) is 0 Å². The summed E-state index contributed by atoms with van der Waals surface area (Å²) in [6, 6.07) is -5.22. The number of alkyl carbamates (subject to hydrolysis) is 4. The fraction of sp³-hybridized carbons (Fsp3) is 0.891. The zero-order valence-corrected chi connectivity index (χ0v) is 44.3. The molecule has 3 saturated heterocycles. The van der Waals surface area contributed by atoms with Crippen molar-refractivity contribution in [1.82, 2.24) is 26.6 Å². The Morgan fingerprint density at radius 1 is 0.685 bits per heavy atom. The second-order valence-electron chi connectivity index (χ2n) is 23.0. The molecule has 4 aliphatic rings. The van der Waals surface area contributed by atoms with Gasteiger partial charge in [-0.25, -0.2) is 19.2 Å². The Kier molecular flexibility index (Phi) is 20.5. The van der Waals surface area contributed by atoms with E-state index in [-0.39, 0.29) is 32.4 Å². The Labute approximate surface area is 425 Å². The largest absolute Gasteiger partial charge is 0.444 e. The number of aliphatic hydroxyl groups excluding tert-OH is 4. The number of nitrogens with zero attached hydrogens (tertiary/aromatic N) is 1. The number of hydrogen-bond acceptors (Lipinski definition) is 21. The summed E-state index contributed by atoms with van der Waals surface area (Å²) in [6.07, 6.45) is -21.9. The van der Waals surface area contributed by atoms with Gasteiger partial charge in [0, 0.05) is 11.5 Å². The fourth-order valence-corrected chi connectivity index (χ4v) is 8.31. The molecule has 0 aromatic heterocycles. The van der Waals surface area contributed by atoms with Crippen molar-refractivity contribution in [1.29, 1.82) is 0 Å². The van der Waals surface area contributed by atoms with Gasteiger partial charge in [-0.2, -0.15) is 0 Å². The predicted octanol–water partition coefficient (Wildman–Crippen LogP) is 1.34. The molecule has 9 N–H and O–H groups in total. The van der Waals surface area contributed by atoms with Gasteiger partial charge >= 0.3 is 24.4 Å². The van der Waals surface area contributed by atoms with Crippen molar-refractivity contribution in [2.45, 2.75) is 242 Å². The van der Waals surface area contributed by atoms with Gasteiger partial charge in [0.2, 0.25) is 12.5 Å². The van der Waals surface area contributed by atoms with Gasteiger partial charge in [0.25, 0.3) is 0 Å². The van der Waals surface area contributed by atoms with Gasteiger partial charge < -0.3 is 94.4 Å². The van der Waals surface area contributed by atoms with Crippen LogP contribution in [0, 0.1) is 10.1 Å². The number of hydrogen-bond donors (Lipinski definition) is 9. The molecule has 4 fully saturated rings. The minimum atomic E-state index is -2.01. The maximum Gasteiger partial charge on any atom is 0.408 e. The lowest BCUT2D eigenvalue weighted by molar-refractivity contribution is -0.494. The second kappa shape index (κ2) is 24.5. The van der Waals surface area contributed by atoms with Crippen LogP contribution in [0.1, 0.15) is 123 Å². The lowest BCUT2D eigenvalue weighted by Gasteiger charge is -2.52. The Morgan fingerprint density at radius 2 is 1.18 bits per heavy atom. The second-order valence-corrected chi connectivity index (χ2v) is 23.0. The highest BCUT2D eigenvalue weighted by atomic mass is 16.8. The Morgan fingerprint density at radius 3 is 1.71 bits per heavy atom. The van der Waals surface area contributed by atoms with Crippen molar-refractivity contribution in [2.24, 2.45) is 0 Å². The summed E-state index contributed by atoms with van der Waals surface area (Å²) in [6.45, 7) is 21.5. The Balaban J connectivity index is 1.79. The molecule has 420 valence electrons. The van der Waals surface area contributed by atoms with Crippen molar-refractivity contribution >= 4 is 30.3 Å². The van der Waals surface area contributed by atoms with E-state index in [4.69, 9.17) is 47.4 Å². The van der Waals surface area contributed by atoms with E-state index in [1.807, 2.05) is 0 Å². The number of carbonyl (C=O) groups excluding carboxylic acids is 5. The monoisotopic (exact) mass is 1050 g/mol. The number of nitro groups is 1. The van der Waals surface area contributed by atoms with Crippen LogP contribution >= 0.6 is 0 Å². The molecule has 0 aromatic carbocycles. The SMILES string of the molecule is CC(C)(C)OC(=O)NCC[C@H](O)C(=O)N[C@@H]1C[C@@H](NC(=O)OC(C)(C)C)C(O[C@H]2OC(C(O)C[N+](=O)[O-])CCC2NC(=O)OC(C)(C)C)C(O)[C@H]1O[C@H]1OC2COC(C)(C)O[C@H]2[C@H](NC(=O)OC(C)(C)C)C1O. The maximum absolute atomic E-state index is 13.9. The third-order valence-electron chi connectivity index (χ3n) is 11.2. The molecular formula is C46H80N6O21. The van der Waals surface area contributed by atoms with Crippen LogP contribution in [0.2, 0.25) is 0 Å². The van der Waals surface area contributed by atoms with Crippen LogP contribution in [0.15, 0.2) is 0 Å². The Hall–Kier alpha value is -4.45. The molecule has 0 radical (unpaired) electrons. The molecule has 4 rings (SSSR count). The summed E-state index contributed by atoms with van der Waals surface area (Å²) in [5.74, 6) is -2.24. The third-order valence-corrected chi connectivity index (χ3v) is 11.2. The summed E-state index contributed by atoms with van der Waals surface area (Å²) in [5, 5.41) is 71.2. The van der Waals surface area contributed by atoms with Gasteiger partial charge in [-0.05, 0) is 123 Å². The number of nitrogens with one attached hydrogen (secondary N) is 5. The molecule has 0 bridgehead atoms. The van der Waals surface area contributed by atoms with E-state index in [0.717, 1.165) is 0 Å². The molecule has 7 unspecified atom stereocenters. The van der Waals surface area contributed by atoms with E-state index >= 15 is 0 Å². The zero-order valence-electron chi connectivity index (χ0n) is 44.3. The van der Waals surface area contributed by atoms with E-state index in [1.54, 1.807) is 96.9 Å². The van der Waals surface area contributed by atoms with Gasteiger partial charge in [-0.1, -0.05) is 0 Å². The Bertz CT molecular complexity index is 1900. The van der Waals surface area contributed by atoms with Crippen LogP contribution in [-0.2, 0) is 52.2 Å². The molecule has 3 heterocycles. The van der Waals surface area contributed by atoms with E-state index in [1.165, 1.54) is 0 Å². The molecular weight excluding hydrogens is 973 g/mol. The van der Waals surface area contributed by atoms with Crippen molar-refractivity contribution in [3.8, 4) is 0 Å². The summed E-state index contributed by atoms with van der Waals surface area (Å²) < 4.78 is 59.1. The molecule has 15 atom stereocenters. The first-order valence-electron chi connectivity index (χ1n) is 24.4. The fourth-order valence-electron chi connectivity index (χ4n) is 8.31. The van der Waals surface area contributed by atoms with Crippen molar-refractivity contribution in [3.05, 3.63) is 10.1 Å². The van der Waals surface area contributed by atoms with Crippen LogP contribution in [-0.4, -0.2) is 195 Å². The lowest BCUT2D eigenvalue weighted by Crippen LogP contribution is -2.72. The molecule has 0 spiro atoms. The summed E-state index contributed by atoms with van der Waals surface area (Å²) in [7, 11) is 0. The van der Waals surface area contributed by atoms with Crippen LogP contribution in [0.4, 0.5) is 19.2 Å². The molecule has 3 aliphatic heterocycles. The van der Waals surface area contributed by atoms with Crippen LogP contribution < -0.4 is 26.6 Å². The minimum Gasteiger partial charge on any atom is -0.444 e. The highest BCUT2D eigenvalue weighted by Crippen LogP contribution is 2.37. The van der Waals surface area contributed by atoms with Crippen LogP contribution in [0.5, 0.6) is 0 Å². The summed E-state index contributed by atoms with van der Waals surface area (Å²) >= 11 is 0. The van der Waals surface area contributed by atoms with Crippen molar-refractivity contribution < 1.29 is 96.7 Å². The molecule has 73 heavy (non-hydrogen) atoms. The van der Waals surface area contributed by atoms with Gasteiger partial charge in [-0.3, -0.25) is 14.9 Å². The topological polar surface area (TPSA) is 362 Å². The van der Waals surface area contributed by atoms with Crippen LogP contribution in [0.25, 0.3) is 0 Å². The highest BCUT2D eigenvalue weighted by Gasteiger charge is 2.56. The van der Waals surface area contributed by atoms with Gasteiger partial charge in [-0.15, -0.1) is 0 Å². The first-order valence-corrected chi connectivity index (χ1v) is 24.4. The van der Waals surface area contributed by atoms with E-state index in [9.17, 15) is 54.5 Å². The van der Waals surface area contributed by atoms with Crippen LogP contribution in [0.3, 0.4) is 0 Å². The number of ether oxygens (including phenoxy) is 10. The smallest absolute Gasteiger partial charge is 0.408 e. The standard InChI is InChI=1S/C46H80N6O21/c1-42(2,3)70-38(58)47-18-17-25(53)35(57)48-23-19-24(50-40(60)72-44(7,8)9)33(67-36-22(49-39(59)71-43(4,5)6)15-16-27(65-36)26(54)20-52(62)63)31(56)32(23)68-37-30(55)29(51-41(61)73-45(10,11)12)34-28(66-37)21-64-46(13,14)69-34/h22-34,36-37,53-56H,15-21H2,1-14H3,(H,47,58)(H,48,57)(H,49,59)(H,50,60)(H,51,61)/t22?,23-,24-,25+,26?,27?,28?,29-,30?,31?,32+,33?,34-,36-,37-/m1/s1. The lowest BCUT2D eigenvalue weighted by atomic mass is 9.83. The summed E-state index contributed by atoms with van der Waals surface area (Å²) in [5.41, 5.74) is -3.82. The molecule has 27 heteroatoms. The number of rotatable bonds is 15. The predicted molar refractivity (Wildman–Crippen MR) is 252 cm³/mol. The van der Waals surface area contributed by atoms with Crippen molar-refractivity contribution in [3.63, 3.8) is 0 Å². The highest BCUT2D eigenvalue weighted by molar-refractivity contribution is 5.81. The van der Waals surface area contributed by atoms with Gasteiger partial charge in [0.1, 0.15) is 71.2 Å². The van der Waals surface area contributed by atoms with E-state index in [2.05, 4.69) is 26.6 Å². The van der Waals surface area contributed by atoms with Gasteiger partial charge in [0.05, 0.1) is 36.9 Å². The number of fused-ring (bicyclic) bond motifs is 1.